The molecular weight excluding hydrogens is 240 g/mol. The van der Waals surface area contributed by atoms with Crippen LogP contribution >= 0.6 is 0 Å². The zero-order chi connectivity index (χ0) is 13.9. The third kappa shape index (κ3) is 3.67. The molecule has 1 saturated heterocycles. The average molecular weight is 264 g/mol. The minimum atomic E-state index is -0.639. The fourth-order valence-corrected chi connectivity index (χ4v) is 2.69. The number of aromatic nitrogens is 1. The quantitative estimate of drug-likeness (QED) is 0.872. The highest BCUT2D eigenvalue weighted by molar-refractivity contribution is 5.43. The lowest BCUT2D eigenvalue weighted by molar-refractivity contribution is 0.0447. The van der Waals surface area contributed by atoms with Gasteiger partial charge in [-0.1, -0.05) is 13.3 Å². The van der Waals surface area contributed by atoms with Gasteiger partial charge in [-0.15, -0.1) is 0 Å². The Morgan fingerprint density at radius 2 is 2.21 bits per heavy atom. The number of β-amino-alcohol motifs (C(OH)–C–C–N with tert-alkyl or cyclic N) is 1. The Labute approximate surface area is 115 Å². The summed E-state index contributed by atoms with van der Waals surface area (Å²) in [6.45, 7) is 5.57. The van der Waals surface area contributed by atoms with Gasteiger partial charge in [-0.05, 0) is 43.9 Å². The van der Waals surface area contributed by atoms with Gasteiger partial charge in [0, 0.05) is 18.8 Å². The molecule has 2 heterocycles. The lowest BCUT2D eigenvalue weighted by atomic mass is 9.95. The van der Waals surface area contributed by atoms with Gasteiger partial charge in [-0.3, -0.25) is 0 Å². The molecule has 4 heteroatoms. The molecule has 1 aliphatic rings. The number of nitrogens with zero attached hydrogens (tertiary/aromatic N) is 2. The van der Waals surface area contributed by atoms with Crippen molar-refractivity contribution < 1.29 is 10.2 Å². The Kier molecular flexibility index (Phi) is 4.42. The Morgan fingerprint density at radius 1 is 1.42 bits per heavy atom. The van der Waals surface area contributed by atoms with E-state index in [-0.39, 0.29) is 6.61 Å². The Hall–Kier alpha value is -1.13. The summed E-state index contributed by atoms with van der Waals surface area (Å²) in [6.07, 6.45) is 3.77. The number of aliphatic hydroxyl groups is 2. The predicted molar refractivity (Wildman–Crippen MR) is 76.2 cm³/mol. The highest BCUT2D eigenvalue weighted by atomic mass is 16.3. The van der Waals surface area contributed by atoms with Crippen LogP contribution in [0.15, 0.2) is 12.1 Å². The van der Waals surface area contributed by atoms with Crippen LogP contribution in [0.1, 0.15) is 44.4 Å². The first-order chi connectivity index (χ1) is 9.04. The van der Waals surface area contributed by atoms with Crippen molar-refractivity contribution in [3.05, 3.63) is 23.4 Å². The fourth-order valence-electron chi connectivity index (χ4n) is 2.69. The molecule has 0 spiro atoms. The van der Waals surface area contributed by atoms with Crippen LogP contribution in [0.2, 0.25) is 0 Å². The summed E-state index contributed by atoms with van der Waals surface area (Å²) < 4.78 is 0. The number of anilines is 1. The highest BCUT2D eigenvalue weighted by Crippen LogP contribution is 2.25. The minimum Gasteiger partial charge on any atom is -0.392 e. The number of aryl methyl sites for hydroxylation is 1. The van der Waals surface area contributed by atoms with Crippen molar-refractivity contribution in [2.75, 3.05) is 18.0 Å². The van der Waals surface area contributed by atoms with Crippen molar-refractivity contribution in [1.29, 1.82) is 0 Å². The van der Waals surface area contributed by atoms with Crippen molar-refractivity contribution in [3.8, 4) is 0 Å². The topological polar surface area (TPSA) is 56.6 Å². The minimum absolute atomic E-state index is 0.0382. The molecule has 1 aromatic rings. The highest BCUT2D eigenvalue weighted by Gasteiger charge is 2.29. The fraction of sp³-hybridized carbons (Fsp3) is 0.667. The van der Waals surface area contributed by atoms with Gasteiger partial charge in [-0.25, -0.2) is 4.98 Å². The van der Waals surface area contributed by atoms with Crippen LogP contribution < -0.4 is 4.90 Å². The Bertz CT molecular complexity index is 432. The molecule has 1 unspecified atom stereocenters. The number of hydrogen-bond donors (Lipinski definition) is 2. The van der Waals surface area contributed by atoms with Gasteiger partial charge in [0.2, 0.25) is 0 Å². The smallest absolute Gasteiger partial charge is 0.129 e. The zero-order valence-corrected chi connectivity index (χ0v) is 11.9. The first-order valence-corrected chi connectivity index (χ1v) is 7.12. The summed E-state index contributed by atoms with van der Waals surface area (Å²) in [5.74, 6) is 0.884. The van der Waals surface area contributed by atoms with Crippen molar-refractivity contribution in [2.24, 2.45) is 0 Å². The van der Waals surface area contributed by atoms with Crippen LogP contribution in [0.25, 0.3) is 0 Å². The van der Waals surface area contributed by atoms with Gasteiger partial charge in [0.15, 0.2) is 0 Å². The summed E-state index contributed by atoms with van der Waals surface area (Å²) >= 11 is 0. The summed E-state index contributed by atoms with van der Waals surface area (Å²) in [4.78, 5) is 6.79. The maximum absolute atomic E-state index is 10.2. The monoisotopic (exact) mass is 264 g/mol. The Morgan fingerprint density at radius 3 is 2.84 bits per heavy atom. The van der Waals surface area contributed by atoms with E-state index in [9.17, 15) is 10.2 Å². The third-order valence-corrected chi connectivity index (χ3v) is 3.61. The van der Waals surface area contributed by atoms with Crippen LogP contribution in [0.5, 0.6) is 0 Å². The van der Waals surface area contributed by atoms with E-state index in [1.807, 2.05) is 19.1 Å². The summed E-state index contributed by atoms with van der Waals surface area (Å²) in [7, 11) is 0. The van der Waals surface area contributed by atoms with E-state index in [0.29, 0.717) is 6.54 Å². The van der Waals surface area contributed by atoms with Crippen LogP contribution in [0, 0.1) is 0 Å². The van der Waals surface area contributed by atoms with Crippen LogP contribution in [-0.4, -0.2) is 33.9 Å². The molecule has 0 radical (unpaired) electrons. The number of rotatable bonds is 4. The van der Waals surface area contributed by atoms with Crippen molar-refractivity contribution in [2.45, 2.75) is 51.7 Å². The second kappa shape index (κ2) is 5.88. The van der Waals surface area contributed by atoms with Crippen LogP contribution in [0.3, 0.4) is 0 Å². The molecule has 1 aromatic heterocycles. The van der Waals surface area contributed by atoms with Crippen LogP contribution in [0.4, 0.5) is 5.82 Å². The van der Waals surface area contributed by atoms with Crippen molar-refractivity contribution in [1.82, 2.24) is 4.98 Å². The molecule has 0 aromatic carbocycles. The van der Waals surface area contributed by atoms with E-state index in [0.717, 1.165) is 49.3 Å². The van der Waals surface area contributed by atoms with E-state index in [2.05, 4.69) is 16.8 Å². The van der Waals surface area contributed by atoms with E-state index < -0.39 is 5.60 Å². The molecule has 2 N–H and O–H groups in total. The second-order valence-corrected chi connectivity index (χ2v) is 5.76. The lowest BCUT2D eigenvalue weighted by Gasteiger charge is -2.37. The lowest BCUT2D eigenvalue weighted by Crippen LogP contribution is -2.46. The molecule has 0 bridgehead atoms. The second-order valence-electron chi connectivity index (χ2n) is 5.76. The van der Waals surface area contributed by atoms with Gasteiger partial charge >= 0.3 is 0 Å². The maximum Gasteiger partial charge on any atom is 0.129 e. The number of piperidine rings is 1. The summed E-state index contributed by atoms with van der Waals surface area (Å²) in [6, 6.07) is 3.90. The van der Waals surface area contributed by atoms with Crippen molar-refractivity contribution >= 4 is 5.82 Å². The van der Waals surface area contributed by atoms with Crippen molar-refractivity contribution in [3.63, 3.8) is 0 Å². The molecule has 0 amide bonds. The van der Waals surface area contributed by atoms with Gasteiger partial charge in [0.05, 0.1) is 12.2 Å². The van der Waals surface area contributed by atoms with E-state index >= 15 is 0 Å². The maximum atomic E-state index is 10.2. The first-order valence-electron chi connectivity index (χ1n) is 7.12. The predicted octanol–water partition coefficient (Wildman–Crippen LogP) is 1.88. The molecule has 106 valence electrons. The van der Waals surface area contributed by atoms with Gasteiger partial charge in [0.1, 0.15) is 5.82 Å². The molecule has 1 atom stereocenters. The number of aliphatic hydroxyl groups excluding tert-OH is 1. The van der Waals surface area contributed by atoms with Gasteiger partial charge in [-0.2, -0.15) is 0 Å². The van der Waals surface area contributed by atoms with Gasteiger partial charge in [0.25, 0.3) is 0 Å². The number of hydrogen-bond acceptors (Lipinski definition) is 4. The summed E-state index contributed by atoms with van der Waals surface area (Å²) in [5, 5.41) is 19.5. The molecular formula is C15H24N2O2. The van der Waals surface area contributed by atoms with E-state index in [1.54, 1.807) is 0 Å². The molecule has 19 heavy (non-hydrogen) atoms. The SMILES string of the molecule is CCCc1cc(CO)cc(N2CCCC(C)(O)C2)n1. The van der Waals surface area contributed by atoms with E-state index in [4.69, 9.17) is 0 Å². The normalized spacial score (nSPS) is 23.7. The first kappa shape index (κ1) is 14.3. The molecule has 1 fully saturated rings. The average Bonchev–Trinajstić information content (AvgIpc) is 2.37. The van der Waals surface area contributed by atoms with Crippen LogP contribution in [-0.2, 0) is 13.0 Å². The zero-order valence-electron chi connectivity index (χ0n) is 11.9. The number of pyridine rings is 1. The summed E-state index contributed by atoms with van der Waals surface area (Å²) in [5.41, 5.74) is 1.29. The standard InChI is InChI=1S/C15H24N2O2/c1-3-5-13-8-12(10-18)9-14(16-13)17-7-4-6-15(2,19)11-17/h8-9,18-19H,3-7,10-11H2,1-2H3. The molecule has 0 aliphatic carbocycles. The van der Waals surface area contributed by atoms with Gasteiger partial charge < -0.3 is 15.1 Å². The molecule has 1 aliphatic heterocycles. The Balaban J connectivity index is 2.25. The molecule has 0 saturated carbocycles. The third-order valence-electron chi connectivity index (χ3n) is 3.61. The van der Waals surface area contributed by atoms with E-state index in [1.165, 1.54) is 0 Å². The largest absolute Gasteiger partial charge is 0.392 e. The molecule has 2 rings (SSSR count). The molecule has 4 nitrogen and oxygen atoms in total.